The first kappa shape index (κ1) is 26.6. The molecule has 7 heteroatoms. The molecule has 39 heavy (non-hydrogen) atoms. The number of carbonyl (C=O) groups excluding carboxylic acids is 1. The Morgan fingerprint density at radius 2 is 1.41 bits per heavy atom. The summed E-state index contributed by atoms with van der Waals surface area (Å²) in [6.45, 7) is 7.54. The Labute approximate surface area is 233 Å². The lowest BCUT2D eigenvalue weighted by Gasteiger charge is -2.48. The molecule has 4 aliphatic rings. The summed E-state index contributed by atoms with van der Waals surface area (Å²) in [5.41, 5.74) is 8.11. The van der Waals surface area contributed by atoms with Gasteiger partial charge in [0.15, 0.2) is 0 Å². The molecule has 2 saturated carbocycles. The number of ether oxygens (including phenoxy) is 1. The molecule has 1 aromatic heterocycles. The molecule has 210 valence electrons. The first-order chi connectivity index (χ1) is 19.2. The molecule has 2 N–H and O–H groups in total. The molecule has 1 amide bonds. The highest BCUT2D eigenvalue weighted by Gasteiger charge is 2.38. The number of aromatic nitrogens is 1. The Morgan fingerprint density at radius 3 is 2.08 bits per heavy atom. The fourth-order valence-electron chi connectivity index (χ4n) is 7.67. The predicted molar refractivity (Wildman–Crippen MR) is 157 cm³/mol. The molecule has 0 bridgehead atoms. The zero-order valence-corrected chi connectivity index (χ0v) is 23.3. The van der Waals surface area contributed by atoms with Gasteiger partial charge in [-0.2, -0.15) is 0 Å². The van der Waals surface area contributed by atoms with Gasteiger partial charge in [-0.25, -0.2) is 4.98 Å². The third-order valence-corrected chi connectivity index (χ3v) is 9.91. The number of pyridine rings is 1. The zero-order valence-electron chi connectivity index (χ0n) is 23.3. The maximum absolute atomic E-state index is 11.7. The van der Waals surface area contributed by atoms with Gasteiger partial charge in [0.25, 0.3) is 0 Å². The van der Waals surface area contributed by atoms with Crippen molar-refractivity contribution in [1.29, 1.82) is 0 Å². The number of amides is 1. The van der Waals surface area contributed by atoms with Gasteiger partial charge in [0, 0.05) is 51.2 Å². The number of nitrogens with two attached hydrogens (primary N) is 1. The van der Waals surface area contributed by atoms with Gasteiger partial charge in [-0.3, -0.25) is 9.69 Å². The summed E-state index contributed by atoms with van der Waals surface area (Å²) in [5, 5.41) is 0. The minimum atomic E-state index is -0.0912. The van der Waals surface area contributed by atoms with Crippen LogP contribution in [0.3, 0.4) is 0 Å². The summed E-state index contributed by atoms with van der Waals surface area (Å²) in [6.07, 6.45) is 9.71. The zero-order chi connectivity index (χ0) is 26.6. The quantitative estimate of drug-likeness (QED) is 0.589. The minimum absolute atomic E-state index is 0.0912. The molecule has 0 spiro atoms. The van der Waals surface area contributed by atoms with Crippen LogP contribution in [0.4, 0.5) is 11.6 Å². The lowest BCUT2D eigenvalue weighted by Crippen LogP contribution is -2.54. The van der Waals surface area contributed by atoms with Gasteiger partial charge in [-0.15, -0.1) is 0 Å². The second-order valence-corrected chi connectivity index (χ2v) is 12.1. The topological polar surface area (TPSA) is 74.9 Å². The van der Waals surface area contributed by atoms with E-state index in [9.17, 15) is 4.79 Å². The van der Waals surface area contributed by atoms with Gasteiger partial charge in [-0.1, -0.05) is 43.2 Å². The largest absolute Gasteiger partial charge is 0.378 e. The smallest absolute Gasteiger partial charge is 0.220 e. The van der Waals surface area contributed by atoms with Crippen LogP contribution in [0.1, 0.15) is 51.4 Å². The molecular formula is C32H45N5O2. The van der Waals surface area contributed by atoms with Crippen molar-refractivity contribution in [3.8, 4) is 11.1 Å². The van der Waals surface area contributed by atoms with Crippen LogP contribution in [0.25, 0.3) is 11.1 Å². The number of nitrogens with zero attached hydrogens (tertiary/aromatic N) is 4. The molecule has 3 heterocycles. The number of hydrogen-bond acceptors (Lipinski definition) is 6. The van der Waals surface area contributed by atoms with Crippen molar-refractivity contribution in [1.82, 2.24) is 9.88 Å². The number of carbonyl (C=O) groups is 1. The van der Waals surface area contributed by atoms with Crippen LogP contribution in [0, 0.1) is 17.8 Å². The average Bonchev–Trinajstić information content (AvgIpc) is 3.02. The van der Waals surface area contributed by atoms with Crippen molar-refractivity contribution in [3.05, 3.63) is 42.5 Å². The summed E-state index contributed by atoms with van der Waals surface area (Å²) >= 11 is 0. The van der Waals surface area contributed by atoms with Crippen molar-refractivity contribution in [2.45, 2.75) is 57.4 Å². The van der Waals surface area contributed by atoms with Crippen LogP contribution in [0.15, 0.2) is 42.5 Å². The number of rotatable bonds is 6. The molecule has 2 aromatic rings. The Bertz CT molecular complexity index is 1090. The molecule has 2 saturated heterocycles. The summed E-state index contributed by atoms with van der Waals surface area (Å²) in [6, 6.07) is 15.9. The van der Waals surface area contributed by atoms with E-state index < -0.39 is 0 Å². The Morgan fingerprint density at radius 1 is 0.769 bits per heavy atom. The summed E-state index contributed by atoms with van der Waals surface area (Å²) in [7, 11) is 0. The number of benzene rings is 1. The average molecular weight is 532 g/mol. The normalized spacial score (nSPS) is 28.8. The molecule has 4 fully saturated rings. The lowest BCUT2D eigenvalue weighted by atomic mass is 9.68. The van der Waals surface area contributed by atoms with Crippen molar-refractivity contribution >= 4 is 17.5 Å². The van der Waals surface area contributed by atoms with Crippen LogP contribution < -0.4 is 15.5 Å². The van der Waals surface area contributed by atoms with Crippen molar-refractivity contribution in [2.75, 3.05) is 62.3 Å². The van der Waals surface area contributed by atoms with E-state index in [0.29, 0.717) is 6.04 Å². The van der Waals surface area contributed by atoms with Crippen molar-refractivity contribution in [3.63, 3.8) is 0 Å². The monoisotopic (exact) mass is 531 g/mol. The van der Waals surface area contributed by atoms with Crippen LogP contribution in [-0.4, -0.2) is 74.3 Å². The van der Waals surface area contributed by atoms with E-state index in [1.54, 1.807) is 0 Å². The van der Waals surface area contributed by atoms with Gasteiger partial charge >= 0.3 is 0 Å². The maximum Gasteiger partial charge on any atom is 0.220 e. The van der Waals surface area contributed by atoms with Crippen LogP contribution in [0.5, 0.6) is 0 Å². The number of primary amides is 1. The van der Waals surface area contributed by atoms with Gasteiger partial charge in [0.2, 0.25) is 5.91 Å². The van der Waals surface area contributed by atoms with E-state index in [1.807, 2.05) is 0 Å². The van der Waals surface area contributed by atoms with Crippen LogP contribution in [-0.2, 0) is 9.53 Å². The predicted octanol–water partition coefficient (Wildman–Crippen LogP) is 4.56. The van der Waals surface area contributed by atoms with Crippen molar-refractivity contribution in [2.24, 2.45) is 23.5 Å². The SMILES string of the molecule is NC(=O)[C@H]1CC[C@H](C2CCCCC2N2CCN(c3cc(-c4ccccc4)cc(N4CCOCC4)n3)CC2)CC1. The fourth-order valence-corrected chi connectivity index (χ4v) is 7.67. The van der Waals surface area contributed by atoms with E-state index in [4.69, 9.17) is 15.5 Å². The van der Waals surface area contributed by atoms with E-state index in [2.05, 4.69) is 57.2 Å². The maximum atomic E-state index is 11.7. The van der Waals surface area contributed by atoms with Crippen LogP contribution >= 0.6 is 0 Å². The molecule has 0 radical (unpaired) electrons. The summed E-state index contributed by atoms with van der Waals surface area (Å²) in [4.78, 5) is 24.6. The van der Waals surface area contributed by atoms with E-state index in [-0.39, 0.29) is 11.8 Å². The number of morpholine rings is 1. The molecular weight excluding hydrogens is 486 g/mol. The highest BCUT2D eigenvalue weighted by Crippen LogP contribution is 2.42. The Kier molecular flexibility index (Phi) is 8.35. The molecule has 6 rings (SSSR count). The highest BCUT2D eigenvalue weighted by atomic mass is 16.5. The Balaban J connectivity index is 1.15. The molecule has 2 aliphatic heterocycles. The fraction of sp³-hybridized carbons (Fsp3) is 0.625. The third-order valence-electron chi connectivity index (χ3n) is 9.91. The van der Waals surface area contributed by atoms with Gasteiger partial charge in [0.05, 0.1) is 13.2 Å². The highest BCUT2D eigenvalue weighted by molar-refractivity contribution is 5.76. The molecule has 1 aromatic carbocycles. The van der Waals surface area contributed by atoms with Gasteiger partial charge < -0.3 is 20.3 Å². The first-order valence-electron chi connectivity index (χ1n) is 15.3. The number of hydrogen-bond donors (Lipinski definition) is 1. The number of piperazine rings is 1. The van der Waals surface area contributed by atoms with Gasteiger partial charge in [-0.05, 0) is 73.6 Å². The summed E-state index contributed by atoms with van der Waals surface area (Å²) in [5.74, 6) is 3.70. The van der Waals surface area contributed by atoms with E-state index in [1.165, 1.54) is 49.7 Å². The lowest BCUT2D eigenvalue weighted by molar-refractivity contribution is -0.123. The van der Waals surface area contributed by atoms with Crippen LogP contribution in [0.2, 0.25) is 0 Å². The molecule has 2 aliphatic carbocycles. The first-order valence-corrected chi connectivity index (χ1v) is 15.3. The minimum Gasteiger partial charge on any atom is -0.378 e. The molecule has 7 nitrogen and oxygen atoms in total. The van der Waals surface area contributed by atoms with Crippen molar-refractivity contribution < 1.29 is 9.53 Å². The van der Waals surface area contributed by atoms with E-state index >= 15 is 0 Å². The van der Waals surface area contributed by atoms with Gasteiger partial charge in [0.1, 0.15) is 11.6 Å². The second-order valence-electron chi connectivity index (χ2n) is 12.1. The van der Waals surface area contributed by atoms with E-state index in [0.717, 1.165) is 88.8 Å². The summed E-state index contributed by atoms with van der Waals surface area (Å²) < 4.78 is 5.61. The number of anilines is 2. The Hall–Kier alpha value is -2.64. The molecule has 2 atom stereocenters. The molecule has 2 unspecified atom stereocenters. The second kappa shape index (κ2) is 12.3. The third kappa shape index (κ3) is 6.09. The standard InChI is InChI=1S/C32H45N5O2/c33-32(38)26-12-10-25(11-13-26)28-8-4-5-9-29(28)35-14-16-36(17-15-35)30-22-27(24-6-2-1-3-7-24)23-31(34-30)37-18-20-39-21-19-37/h1-3,6-7,22-23,25-26,28-29H,4-5,8-21H2,(H2,33,38)/t25-,26-,28?,29?.